The van der Waals surface area contributed by atoms with Crippen molar-refractivity contribution in [1.29, 1.82) is 0 Å². The SMILES string of the molecule is CCN(c1cnc(C(=O)OC)cn1)C1CCCC1. The largest absolute Gasteiger partial charge is 0.464 e. The first-order chi connectivity index (χ1) is 8.76. The van der Waals surface area contributed by atoms with E-state index in [2.05, 4.69) is 26.5 Å². The summed E-state index contributed by atoms with van der Waals surface area (Å²) in [5.41, 5.74) is 0.253. The Balaban J connectivity index is 2.13. The van der Waals surface area contributed by atoms with E-state index in [9.17, 15) is 4.79 Å². The number of nitrogens with zero attached hydrogens (tertiary/aromatic N) is 3. The van der Waals surface area contributed by atoms with E-state index in [0.29, 0.717) is 6.04 Å². The van der Waals surface area contributed by atoms with Crippen LogP contribution in [0.2, 0.25) is 0 Å². The Kier molecular flexibility index (Phi) is 4.12. The molecule has 2 rings (SSSR count). The summed E-state index contributed by atoms with van der Waals surface area (Å²) < 4.78 is 4.61. The molecule has 18 heavy (non-hydrogen) atoms. The van der Waals surface area contributed by atoms with Crippen molar-refractivity contribution in [1.82, 2.24) is 9.97 Å². The molecule has 1 saturated carbocycles. The molecule has 0 aromatic carbocycles. The minimum atomic E-state index is -0.446. The summed E-state index contributed by atoms with van der Waals surface area (Å²) in [6.07, 6.45) is 8.15. The van der Waals surface area contributed by atoms with Crippen molar-refractivity contribution in [3.63, 3.8) is 0 Å². The number of hydrogen-bond donors (Lipinski definition) is 0. The van der Waals surface area contributed by atoms with Crippen LogP contribution in [0.1, 0.15) is 43.1 Å². The normalized spacial score (nSPS) is 15.7. The molecule has 5 heteroatoms. The lowest BCUT2D eigenvalue weighted by molar-refractivity contribution is 0.0593. The maximum Gasteiger partial charge on any atom is 0.358 e. The summed E-state index contributed by atoms with van der Waals surface area (Å²) in [5.74, 6) is 0.398. The third-order valence-electron chi connectivity index (χ3n) is 3.43. The van der Waals surface area contributed by atoms with Gasteiger partial charge in [0.25, 0.3) is 0 Å². The Morgan fingerprint density at radius 2 is 2.11 bits per heavy atom. The highest BCUT2D eigenvalue weighted by molar-refractivity contribution is 5.86. The monoisotopic (exact) mass is 249 g/mol. The number of aromatic nitrogens is 2. The maximum absolute atomic E-state index is 11.3. The molecule has 1 aliphatic carbocycles. The van der Waals surface area contributed by atoms with Gasteiger partial charge in [0.15, 0.2) is 5.69 Å². The Labute approximate surface area is 107 Å². The van der Waals surface area contributed by atoms with Crippen molar-refractivity contribution in [3.05, 3.63) is 18.1 Å². The van der Waals surface area contributed by atoms with Gasteiger partial charge in [0.05, 0.1) is 19.5 Å². The summed E-state index contributed by atoms with van der Waals surface area (Å²) in [5, 5.41) is 0. The quantitative estimate of drug-likeness (QED) is 0.764. The predicted octanol–water partition coefficient (Wildman–Crippen LogP) is 2.03. The summed E-state index contributed by atoms with van der Waals surface area (Å²) in [4.78, 5) is 22.0. The van der Waals surface area contributed by atoms with Gasteiger partial charge in [0, 0.05) is 12.6 Å². The van der Waals surface area contributed by atoms with Crippen molar-refractivity contribution in [2.24, 2.45) is 0 Å². The van der Waals surface area contributed by atoms with Crippen LogP contribution in [0.4, 0.5) is 5.82 Å². The van der Waals surface area contributed by atoms with Crippen LogP contribution in [0.3, 0.4) is 0 Å². The molecule has 1 heterocycles. The molecule has 0 atom stereocenters. The first-order valence-electron chi connectivity index (χ1n) is 6.43. The molecule has 0 amide bonds. The molecule has 5 nitrogen and oxygen atoms in total. The standard InChI is InChI=1S/C13H19N3O2/c1-3-16(10-6-4-5-7-10)12-9-14-11(8-15-12)13(17)18-2/h8-10H,3-7H2,1-2H3. The molecule has 1 aromatic heterocycles. The van der Waals surface area contributed by atoms with E-state index in [1.807, 2.05) is 0 Å². The summed E-state index contributed by atoms with van der Waals surface area (Å²) in [7, 11) is 1.34. The Hall–Kier alpha value is -1.65. The molecule has 1 fully saturated rings. The fraction of sp³-hybridized carbons (Fsp3) is 0.615. The van der Waals surface area contributed by atoms with Gasteiger partial charge in [-0.3, -0.25) is 0 Å². The number of esters is 1. The number of carbonyl (C=O) groups excluding carboxylic acids is 1. The number of anilines is 1. The van der Waals surface area contributed by atoms with Gasteiger partial charge in [0.2, 0.25) is 0 Å². The zero-order valence-electron chi connectivity index (χ0n) is 10.9. The van der Waals surface area contributed by atoms with Crippen molar-refractivity contribution >= 4 is 11.8 Å². The molecule has 1 aromatic rings. The summed E-state index contributed by atoms with van der Waals surface area (Å²) in [6.45, 7) is 3.03. The molecule has 0 unspecified atom stereocenters. The maximum atomic E-state index is 11.3. The lowest BCUT2D eigenvalue weighted by Crippen LogP contribution is -2.33. The fourth-order valence-corrected chi connectivity index (χ4v) is 2.50. The fourth-order valence-electron chi connectivity index (χ4n) is 2.50. The van der Waals surface area contributed by atoms with Gasteiger partial charge in [-0.15, -0.1) is 0 Å². The molecule has 0 radical (unpaired) electrons. The number of rotatable bonds is 4. The van der Waals surface area contributed by atoms with Crippen LogP contribution in [-0.2, 0) is 4.74 Å². The summed E-state index contributed by atoms with van der Waals surface area (Å²) >= 11 is 0. The van der Waals surface area contributed by atoms with Crippen LogP contribution in [-0.4, -0.2) is 35.6 Å². The highest BCUT2D eigenvalue weighted by Crippen LogP contribution is 2.26. The minimum absolute atomic E-state index is 0.253. The number of methoxy groups -OCH3 is 1. The van der Waals surface area contributed by atoms with E-state index in [-0.39, 0.29) is 5.69 Å². The van der Waals surface area contributed by atoms with Crippen molar-refractivity contribution in [3.8, 4) is 0 Å². The molecular weight excluding hydrogens is 230 g/mol. The topological polar surface area (TPSA) is 55.3 Å². The van der Waals surface area contributed by atoms with Gasteiger partial charge in [0.1, 0.15) is 5.82 Å². The average Bonchev–Trinajstić information content (AvgIpc) is 2.93. The van der Waals surface area contributed by atoms with Gasteiger partial charge in [-0.25, -0.2) is 14.8 Å². The number of ether oxygens (including phenoxy) is 1. The third-order valence-corrected chi connectivity index (χ3v) is 3.43. The Morgan fingerprint density at radius 1 is 1.39 bits per heavy atom. The van der Waals surface area contributed by atoms with Crippen molar-refractivity contribution in [2.45, 2.75) is 38.6 Å². The van der Waals surface area contributed by atoms with Gasteiger partial charge < -0.3 is 9.64 Å². The van der Waals surface area contributed by atoms with E-state index < -0.39 is 5.97 Å². The number of hydrogen-bond acceptors (Lipinski definition) is 5. The van der Waals surface area contributed by atoms with Crippen LogP contribution in [0.15, 0.2) is 12.4 Å². The summed E-state index contributed by atoms with van der Waals surface area (Å²) in [6, 6.07) is 0.563. The van der Waals surface area contributed by atoms with Gasteiger partial charge in [-0.2, -0.15) is 0 Å². The molecule has 0 spiro atoms. The second kappa shape index (κ2) is 5.80. The van der Waals surface area contributed by atoms with Crippen molar-refractivity contribution < 1.29 is 9.53 Å². The van der Waals surface area contributed by atoms with E-state index in [1.54, 1.807) is 6.20 Å². The first kappa shape index (κ1) is 12.8. The lowest BCUT2D eigenvalue weighted by Gasteiger charge is -2.28. The molecule has 1 aliphatic rings. The zero-order chi connectivity index (χ0) is 13.0. The molecular formula is C13H19N3O2. The molecule has 0 aliphatic heterocycles. The molecule has 0 saturated heterocycles. The van der Waals surface area contributed by atoms with Crippen LogP contribution >= 0.6 is 0 Å². The lowest BCUT2D eigenvalue weighted by atomic mass is 10.2. The Morgan fingerprint density at radius 3 is 2.61 bits per heavy atom. The van der Waals surface area contributed by atoms with E-state index in [1.165, 1.54) is 39.0 Å². The predicted molar refractivity (Wildman–Crippen MR) is 68.6 cm³/mol. The smallest absolute Gasteiger partial charge is 0.358 e. The van der Waals surface area contributed by atoms with Gasteiger partial charge in [-0.05, 0) is 19.8 Å². The van der Waals surface area contributed by atoms with Gasteiger partial charge >= 0.3 is 5.97 Å². The highest BCUT2D eigenvalue weighted by Gasteiger charge is 2.22. The molecule has 0 bridgehead atoms. The van der Waals surface area contributed by atoms with Gasteiger partial charge in [-0.1, -0.05) is 12.8 Å². The number of carbonyl (C=O) groups is 1. The first-order valence-corrected chi connectivity index (χ1v) is 6.43. The Bertz CT molecular complexity index is 399. The molecule has 0 N–H and O–H groups in total. The van der Waals surface area contributed by atoms with Crippen LogP contribution in [0.5, 0.6) is 0 Å². The second-order valence-corrected chi connectivity index (χ2v) is 4.48. The second-order valence-electron chi connectivity index (χ2n) is 4.48. The third kappa shape index (κ3) is 2.60. The van der Waals surface area contributed by atoms with Crippen LogP contribution in [0.25, 0.3) is 0 Å². The van der Waals surface area contributed by atoms with E-state index in [0.717, 1.165) is 12.4 Å². The van der Waals surface area contributed by atoms with Crippen LogP contribution < -0.4 is 4.90 Å². The molecule has 98 valence electrons. The zero-order valence-corrected chi connectivity index (χ0v) is 10.9. The van der Waals surface area contributed by atoms with Crippen molar-refractivity contribution in [2.75, 3.05) is 18.6 Å². The average molecular weight is 249 g/mol. The minimum Gasteiger partial charge on any atom is -0.464 e. The van der Waals surface area contributed by atoms with E-state index in [4.69, 9.17) is 0 Å². The van der Waals surface area contributed by atoms with E-state index >= 15 is 0 Å². The highest BCUT2D eigenvalue weighted by atomic mass is 16.5. The van der Waals surface area contributed by atoms with Crippen LogP contribution in [0, 0.1) is 0 Å².